The zero-order valence-electron chi connectivity index (χ0n) is 11.0. The van der Waals surface area contributed by atoms with Crippen LogP contribution in [-0.2, 0) is 4.74 Å². The number of ether oxygens (including phenoxy) is 1. The SMILES string of the molecule is [B]C(P)OC1CCCN(C(C)C)C1C(C)C. The molecule has 1 rings (SSSR count). The van der Waals surface area contributed by atoms with Crippen molar-refractivity contribution >= 4 is 17.1 Å². The minimum atomic E-state index is -0.238. The Bertz CT molecular complexity index is 211. The molecule has 1 aliphatic heterocycles. The molecule has 0 spiro atoms. The van der Waals surface area contributed by atoms with E-state index in [1.165, 1.54) is 13.0 Å². The van der Waals surface area contributed by atoms with Gasteiger partial charge in [0.2, 0.25) is 0 Å². The molecule has 4 atom stereocenters. The van der Waals surface area contributed by atoms with E-state index in [1.807, 2.05) is 0 Å². The van der Waals surface area contributed by atoms with E-state index in [-0.39, 0.29) is 11.8 Å². The van der Waals surface area contributed by atoms with Crippen LogP contribution in [0.25, 0.3) is 0 Å². The van der Waals surface area contributed by atoms with E-state index in [9.17, 15) is 0 Å². The van der Waals surface area contributed by atoms with Gasteiger partial charge in [-0.3, -0.25) is 4.90 Å². The topological polar surface area (TPSA) is 12.5 Å². The van der Waals surface area contributed by atoms with Gasteiger partial charge in [-0.1, -0.05) is 13.8 Å². The van der Waals surface area contributed by atoms with Crippen LogP contribution in [0.1, 0.15) is 40.5 Å². The van der Waals surface area contributed by atoms with E-state index in [0.717, 1.165) is 6.42 Å². The lowest BCUT2D eigenvalue weighted by Crippen LogP contribution is -2.55. The fourth-order valence-electron chi connectivity index (χ4n) is 2.77. The van der Waals surface area contributed by atoms with E-state index in [4.69, 9.17) is 12.6 Å². The zero-order valence-corrected chi connectivity index (χ0v) is 12.2. The Morgan fingerprint density at radius 3 is 2.38 bits per heavy atom. The monoisotopic (exact) mass is 241 g/mol. The van der Waals surface area contributed by atoms with Crippen molar-refractivity contribution in [2.75, 3.05) is 6.54 Å². The first-order valence-electron chi connectivity index (χ1n) is 6.36. The molecule has 0 amide bonds. The lowest BCUT2D eigenvalue weighted by molar-refractivity contribution is -0.0621. The van der Waals surface area contributed by atoms with Crippen molar-refractivity contribution in [3.63, 3.8) is 0 Å². The summed E-state index contributed by atoms with van der Waals surface area (Å²) in [7, 11) is 8.26. The minimum absolute atomic E-state index is 0.238. The Balaban J connectivity index is 2.74. The van der Waals surface area contributed by atoms with Crippen LogP contribution in [0.2, 0.25) is 0 Å². The molecule has 0 N–H and O–H groups in total. The van der Waals surface area contributed by atoms with Gasteiger partial charge in [-0.2, -0.15) is 0 Å². The summed E-state index contributed by atoms with van der Waals surface area (Å²) < 4.78 is 5.84. The van der Waals surface area contributed by atoms with Crippen LogP contribution in [-0.4, -0.2) is 43.2 Å². The van der Waals surface area contributed by atoms with Crippen molar-refractivity contribution in [1.29, 1.82) is 0 Å². The Hall–Kier alpha value is 0.415. The van der Waals surface area contributed by atoms with Crippen LogP contribution in [0, 0.1) is 5.92 Å². The van der Waals surface area contributed by atoms with E-state index >= 15 is 0 Å². The Labute approximate surface area is 104 Å². The standard InChI is InChI=1S/C12H25BNOP/c1-8(2)11-10(15-12(13)16)6-5-7-14(11)9(3)4/h8-12H,5-7,16H2,1-4H3. The van der Waals surface area contributed by atoms with Crippen molar-refractivity contribution in [3.8, 4) is 0 Å². The Kier molecular flexibility index (Phi) is 5.77. The molecule has 2 nitrogen and oxygen atoms in total. The molecule has 1 saturated heterocycles. The summed E-state index contributed by atoms with van der Waals surface area (Å²) in [5.74, 6) is 0.370. The summed E-state index contributed by atoms with van der Waals surface area (Å²) >= 11 is 0. The lowest BCUT2D eigenvalue weighted by atomic mass is 9.88. The molecule has 1 aliphatic rings. The van der Waals surface area contributed by atoms with Crippen LogP contribution >= 0.6 is 9.24 Å². The van der Waals surface area contributed by atoms with Gasteiger partial charge in [0.25, 0.3) is 0 Å². The number of hydrogen-bond donors (Lipinski definition) is 0. The third kappa shape index (κ3) is 3.72. The van der Waals surface area contributed by atoms with E-state index in [2.05, 4.69) is 41.8 Å². The first-order chi connectivity index (χ1) is 7.43. The second-order valence-corrected chi connectivity index (χ2v) is 6.00. The van der Waals surface area contributed by atoms with Gasteiger partial charge in [-0.25, -0.2) is 0 Å². The van der Waals surface area contributed by atoms with E-state index in [0.29, 0.717) is 18.0 Å². The lowest BCUT2D eigenvalue weighted by Gasteiger charge is -2.46. The molecule has 0 aliphatic carbocycles. The van der Waals surface area contributed by atoms with E-state index in [1.54, 1.807) is 0 Å². The molecule has 0 aromatic carbocycles. The predicted octanol–water partition coefficient (Wildman–Crippen LogP) is 2.23. The third-order valence-corrected chi connectivity index (χ3v) is 3.50. The highest BCUT2D eigenvalue weighted by atomic mass is 31.0. The minimum Gasteiger partial charge on any atom is -0.379 e. The molecule has 1 fully saturated rings. The average molecular weight is 241 g/mol. The van der Waals surface area contributed by atoms with Crippen molar-refractivity contribution in [3.05, 3.63) is 0 Å². The predicted molar refractivity (Wildman–Crippen MR) is 73.8 cm³/mol. The largest absolute Gasteiger partial charge is 0.379 e. The molecule has 0 saturated carbocycles. The summed E-state index contributed by atoms with van der Waals surface area (Å²) in [6, 6.07) is 1.08. The van der Waals surface area contributed by atoms with E-state index < -0.39 is 0 Å². The molecular formula is C12H25BNOP. The quantitative estimate of drug-likeness (QED) is 0.552. The first-order valence-corrected chi connectivity index (χ1v) is 7.02. The van der Waals surface area contributed by atoms with Crippen LogP contribution in [0.4, 0.5) is 0 Å². The number of likely N-dealkylation sites (tertiary alicyclic amines) is 1. The molecule has 4 heteroatoms. The highest BCUT2D eigenvalue weighted by Crippen LogP contribution is 2.28. The van der Waals surface area contributed by atoms with Gasteiger partial charge in [-0.05, 0) is 39.2 Å². The highest BCUT2D eigenvalue weighted by molar-refractivity contribution is 7.20. The maximum absolute atomic E-state index is 5.84. The molecule has 92 valence electrons. The summed E-state index contributed by atoms with van der Waals surface area (Å²) in [4.78, 5) is 2.56. The normalized spacial score (nSPS) is 29.9. The Morgan fingerprint density at radius 2 is 1.94 bits per heavy atom. The van der Waals surface area contributed by atoms with Gasteiger partial charge in [0.1, 0.15) is 7.85 Å². The molecule has 0 bridgehead atoms. The smallest absolute Gasteiger partial charge is 0.114 e. The van der Waals surface area contributed by atoms with Gasteiger partial charge in [0.15, 0.2) is 0 Å². The van der Waals surface area contributed by atoms with Gasteiger partial charge in [0, 0.05) is 17.8 Å². The summed E-state index contributed by atoms with van der Waals surface area (Å²) in [6.07, 6.45) is 2.63. The van der Waals surface area contributed by atoms with Crippen molar-refractivity contribution in [2.24, 2.45) is 5.92 Å². The molecule has 16 heavy (non-hydrogen) atoms. The molecule has 1 heterocycles. The van der Waals surface area contributed by atoms with Crippen molar-refractivity contribution in [2.45, 2.75) is 64.5 Å². The number of rotatable bonds is 4. The van der Waals surface area contributed by atoms with Crippen LogP contribution in [0.3, 0.4) is 0 Å². The zero-order chi connectivity index (χ0) is 12.3. The fourth-order valence-corrected chi connectivity index (χ4v) is 2.98. The second kappa shape index (κ2) is 6.38. The molecule has 0 aromatic rings. The Morgan fingerprint density at radius 1 is 1.31 bits per heavy atom. The third-order valence-electron chi connectivity index (χ3n) is 3.35. The summed E-state index contributed by atoms with van der Waals surface area (Å²) in [5, 5.41) is 0. The molecular weight excluding hydrogens is 216 g/mol. The van der Waals surface area contributed by atoms with Gasteiger partial charge in [0.05, 0.1) is 6.10 Å². The summed E-state index contributed by atoms with van der Waals surface area (Å²) in [6.45, 7) is 10.3. The van der Waals surface area contributed by atoms with Crippen LogP contribution < -0.4 is 0 Å². The number of hydrogen-bond acceptors (Lipinski definition) is 2. The fraction of sp³-hybridized carbons (Fsp3) is 1.00. The number of piperidine rings is 1. The molecule has 2 radical (unpaired) electrons. The van der Waals surface area contributed by atoms with Crippen molar-refractivity contribution < 1.29 is 4.74 Å². The summed E-state index contributed by atoms with van der Waals surface area (Å²) in [5.41, 5.74) is 0. The molecule has 0 aromatic heterocycles. The molecule has 4 unspecified atom stereocenters. The van der Waals surface area contributed by atoms with Gasteiger partial charge >= 0.3 is 0 Å². The second-order valence-electron chi connectivity index (χ2n) is 5.35. The van der Waals surface area contributed by atoms with Gasteiger partial charge in [-0.15, -0.1) is 9.24 Å². The average Bonchev–Trinajstić information content (AvgIpc) is 2.15. The number of nitrogens with zero attached hydrogens (tertiary/aromatic N) is 1. The van der Waals surface area contributed by atoms with Crippen molar-refractivity contribution in [1.82, 2.24) is 4.90 Å². The maximum atomic E-state index is 5.84. The highest BCUT2D eigenvalue weighted by Gasteiger charge is 2.35. The first kappa shape index (κ1) is 14.5. The maximum Gasteiger partial charge on any atom is 0.114 e. The van der Waals surface area contributed by atoms with Gasteiger partial charge < -0.3 is 4.74 Å². The van der Waals surface area contributed by atoms with Crippen LogP contribution in [0.15, 0.2) is 0 Å². The van der Waals surface area contributed by atoms with Crippen LogP contribution in [0.5, 0.6) is 0 Å².